The minimum atomic E-state index is -4.89. The van der Waals surface area contributed by atoms with Gasteiger partial charge < -0.3 is 14.6 Å². The highest BCUT2D eigenvalue weighted by atomic mass is 19.4. The van der Waals surface area contributed by atoms with Crippen molar-refractivity contribution in [3.63, 3.8) is 0 Å². The highest BCUT2D eigenvalue weighted by Gasteiger charge is 2.38. The number of nitrogens with one attached hydrogen (secondary N) is 2. The van der Waals surface area contributed by atoms with Crippen LogP contribution in [0.1, 0.15) is 36.8 Å². The Kier molecular flexibility index (Phi) is 7.63. The van der Waals surface area contributed by atoms with Gasteiger partial charge in [0, 0.05) is 18.8 Å². The molecule has 0 aliphatic heterocycles. The molecule has 42 heavy (non-hydrogen) atoms. The Bertz CT molecular complexity index is 1830. The fourth-order valence-corrected chi connectivity index (χ4v) is 5.29. The molecule has 0 unspecified atom stereocenters. The number of benzene rings is 1. The number of fused-ring (bicyclic) bond motifs is 1. The Balaban J connectivity index is 1.41. The topological polar surface area (TPSA) is 139 Å². The number of ether oxygens (including phenoxy) is 1. The van der Waals surface area contributed by atoms with Gasteiger partial charge in [-0.15, -0.1) is 0 Å². The van der Waals surface area contributed by atoms with Crippen LogP contribution in [0.2, 0.25) is 0 Å². The van der Waals surface area contributed by atoms with Crippen LogP contribution in [0.3, 0.4) is 0 Å². The Morgan fingerprint density at radius 2 is 2.00 bits per heavy atom. The molecular formula is C27H22F5N7O3. The SMILES string of the molecule is COc1nc(-c2cc3ccn(C[C@@H]4CCC[C@H](Nc5cn[nH]c(=O)c5C(F)(F)F)C4)c(=O)c3c(F)c2F)ncc1C#N. The molecule has 15 heteroatoms. The van der Waals surface area contributed by atoms with E-state index in [0.29, 0.717) is 25.7 Å². The van der Waals surface area contributed by atoms with Gasteiger partial charge in [-0.25, -0.2) is 18.9 Å². The summed E-state index contributed by atoms with van der Waals surface area (Å²) in [5, 5.41) is 16.8. The van der Waals surface area contributed by atoms with E-state index in [0.717, 1.165) is 12.4 Å². The first-order valence-electron chi connectivity index (χ1n) is 12.8. The van der Waals surface area contributed by atoms with Crippen LogP contribution in [0.4, 0.5) is 27.6 Å². The zero-order valence-corrected chi connectivity index (χ0v) is 21.9. The fourth-order valence-electron chi connectivity index (χ4n) is 5.29. The molecule has 5 rings (SSSR count). The van der Waals surface area contributed by atoms with Gasteiger partial charge in [-0.1, -0.05) is 6.42 Å². The molecule has 0 bridgehead atoms. The molecule has 0 spiro atoms. The summed E-state index contributed by atoms with van der Waals surface area (Å²) in [5.74, 6) is -3.28. The number of halogens is 5. The average Bonchev–Trinajstić information content (AvgIpc) is 2.95. The van der Waals surface area contributed by atoms with Gasteiger partial charge in [0.25, 0.3) is 11.1 Å². The summed E-state index contributed by atoms with van der Waals surface area (Å²) in [4.78, 5) is 32.9. The van der Waals surface area contributed by atoms with Gasteiger partial charge in [0.1, 0.15) is 17.2 Å². The second-order valence-corrected chi connectivity index (χ2v) is 9.88. The summed E-state index contributed by atoms with van der Waals surface area (Å²) in [7, 11) is 1.26. The Morgan fingerprint density at radius 3 is 2.71 bits per heavy atom. The molecular weight excluding hydrogens is 565 g/mol. The van der Waals surface area contributed by atoms with Crippen LogP contribution >= 0.6 is 0 Å². The van der Waals surface area contributed by atoms with Crippen LogP contribution in [0.15, 0.2) is 40.3 Å². The predicted molar refractivity (Wildman–Crippen MR) is 140 cm³/mol. The monoisotopic (exact) mass is 587 g/mol. The molecule has 2 atom stereocenters. The lowest BCUT2D eigenvalue weighted by molar-refractivity contribution is -0.138. The molecule has 10 nitrogen and oxygen atoms in total. The molecule has 218 valence electrons. The third-order valence-electron chi connectivity index (χ3n) is 7.19. The Labute approximate surface area is 233 Å². The highest BCUT2D eigenvalue weighted by Crippen LogP contribution is 2.34. The van der Waals surface area contributed by atoms with E-state index >= 15 is 8.78 Å². The molecule has 2 N–H and O–H groups in total. The van der Waals surface area contributed by atoms with Crippen molar-refractivity contribution in [1.29, 1.82) is 5.26 Å². The van der Waals surface area contributed by atoms with E-state index in [1.807, 2.05) is 6.07 Å². The quantitative estimate of drug-likeness (QED) is 0.317. The Hall–Kier alpha value is -4.87. The number of hydrogen-bond donors (Lipinski definition) is 2. The van der Waals surface area contributed by atoms with E-state index in [2.05, 4.69) is 20.4 Å². The first-order chi connectivity index (χ1) is 20.0. The van der Waals surface area contributed by atoms with Crippen LogP contribution < -0.4 is 21.2 Å². The van der Waals surface area contributed by atoms with E-state index in [-0.39, 0.29) is 40.7 Å². The number of aromatic amines is 1. The van der Waals surface area contributed by atoms with E-state index in [1.54, 1.807) is 5.10 Å². The van der Waals surface area contributed by atoms with Crippen LogP contribution in [0.25, 0.3) is 22.2 Å². The lowest BCUT2D eigenvalue weighted by Crippen LogP contribution is -2.33. The van der Waals surface area contributed by atoms with Gasteiger partial charge in [0.2, 0.25) is 5.88 Å². The van der Waals surface area contributed by atoms with E-state index in [9.17, 15) is 22.8 Å². The van der Waals surface area contributed by atoms with Gasteiger partial charge >= 0.3 is 6.18 Å². The zero-order valence-electron chi connectivity index (χ0n) is 21.9. The number of pyridine rings is 1. The maximum Gasteiger partial charge on any atom is 0.423 e. The molecule has 1 saturated carbocycles. The van der Waals surface area contributed by atoms with Crippen molar-refractivity contribution in [3.05, 3.63) is 74.2 Å². The normalized spacial score (nSPS) is 17.2. The van der Waals surface area contributed by atoms with Crippen molar-refractivity contribution >= 4 is 16.5 Å². The lowest BCUT2D eigenvalue weighted by Gasteiger charge is -2.31. The second-order valence-electron chi connectivity index (χ2n) is 9.88. The van der Waals surface area contributed by atoms with Crippen molar-refractivity contribution < 1.29 is 26.7 Å². The molecule has 1 fully saturated rings. The number of nitriles is 1. The van der Waals surface area contributed by atoms with Crippen molar-refractivity contribution in [2.45, 2.75) is 44.4 Å². The van der Waals surface area contributed by atoms with Crippen molar-refractivity contribution in [3.8, 4) is 23.3 Å². The van der Waals surface area contributed by atoms with E-state index in [4.69, 9.17) is 10.00 Å². The van der Waals surface area contributed by atoms with Crippen LogP contribution in [-0.4, -0.2) is 37.9 Å². The molecule has 3 heterocycles. The summed E-state index contributed by atoms with van der Waals surface area (Å²) in [5.41, 5.74) is -4.26. The number of hydrogen-bond acceptors (Lipinski definition) is 8. The number of alkyl halides is 3. The first kappa shape index (κ1) is 28.7. The molecule has 1 aromatic carbocycles. The molecule has 0 saturated heterocycles. The van der Waals surface area contributed by atoms with E-state index in [1.165, 1.54) is 30.0 Å². The summed E-state index contributed by atoms with van der Waals surface area (Å²) < 4.78 is 77.1. The maximum atomic E-state index is 15.3. The molecule has 0 radical (unpaired) electrons. The number of anilines is 1. The number of aromatic nitrogens is 5. The standard InChI is InChI=1S/C27H22F5N7O3/c1-42-25-15(9-33)10-34-23(37-25)17-8-14-5-6-39(26(41)19(14)22(29)21(17)28)12-13-3-2-4-16(7-13)36-18-11-35-38-24(40)20(18)27(30,31)32/h5-6,8,10-11,13,16H,2-4,7,12H2,1H3,(H2,36,38,40)/t13-,16+/m1/s1. The maximum absolute atomic E-state index is 15.3. The summed E-state index contributed by atoms with van der Waals surface area (Å²) in [6.45, 7) is 0.117. The molecule has 1 aliphatic rings. The highest BCUT2D eigenvalue weighted by molar-refractivity contribution is 5.86. The number of rotatable bonds is 6. The van der Waals surface area contributed by atoms with E-state index < -0.39 is 51.6 Å². The summed E-state index contributed by atoms with van der Waals surface area (Å²) in [6, 6.07) is 4.06. The number of nitrogens with zero attached hydrogens (tertiary/aromatic N) is 5. The van der Waals surface area contributed by atoms with Gasteiger partial charge in [0.05, 0.1) is 36.1 Å². The van der Waals surface area contributed by atoms with Crippen LogP contribution in [-0.2, 0) is 12.7 Å². The van der Waals surface area contributed by atoms with Crippen molar-refractivity contribution in [2.75, 3.05) is 12.4 Å². The van der Waals surface area contributed by atoms with Gasteiger partial charge in [-0.05, 0) is 42.7 Å². The minimum absolute atomic E-state index is 0.000782. The summed E-state index contributed by atoms with van der Waals surface area (Å²) in [6.07, 6.45) is 0.739. The van der Waals surface area contributed by atoms with Crippen molar-refractivity contribution in [1.82, 2.24) is 24.7 Å². The third-order valence-corrected chi connectivity index (χ3v) is 7.19. The second kappa shape index (κ2) is 11.2. The fraction of sp³-hybridized carbons (Fsp3) is 0.333. The molecule has 1 aliphatic carbocycles. The van der Waals surface area contributed by atoms with Gasteiger partial charge in [-0.2, -0.15) is 28.5 Å². The molecule has 4 aromatic rings. The zero-order chi connectivity index (χ0) is 30.2. The molecule has 0 amide bonds. The van der Waals surface area contributed by atoms with Gasteiger partial charge in [0.15, 0.2) is 17.5 Å². The predicted octanol–water partition coefficient (Wildman–Crippen LogP) is 4.39. The largest absolute Gasteiger partial charge is 0.480 e. The first-order valence-corrected chi connectivity index (χ1v) is 12.8. The average molecular weight is 588 g/mol. The smallest absolute Gasteiger partial charge is 0.423 e. The minimum Gasteiger partial charge on any atom is -0.480 e. The summed E-state index contributed by atoms with van der Waals surface area (Å²) >= 11 is 0. The van der Waals surface area contributed by atoms with Crippen LogP contribution in [0.5, 0.6) is 5.88 Å². The molecule has 3 aromatic heterocycles. The van der Waals surface area contributed by atoms with Gasteiger partial charge in [-0.3, -0.25) is 9.59 Å². The van der Waals surface area contributed by atoms with Crippen molar-refractivity contribution in [2.24, 2.45) is 5.92 Å². The Morgan fingerprint density at radius 1 is 1.21 bits per heavy atom. The van der Waals surface area contributed by atoms with Crippen LogP contribution in [0, 0.1) is 28.9 Å². The lowest BCUT2D eigenvalue weighted by atomic mass is 9.85. The number of H-pyrrole nitrogens is 1. The third kappa shape index (κ3) is 5.39. The number of methoxy groups -OCH3 is 1.